The molecule has 0 atom stereocenters. The lowest BCUT2D eigenvalue weighted by Crippen LogP contribution is -2.40. The summed E-state index contributed by atoms with van der Waals surface area (Å²) < 4.78 is 10.3. The molecule has 23 heavy (non-hydrogen) atoms. The maximum absolute atomic E-state index is 12.6. The zero-order valence-corrected chi connectivity index (χ0v) is 14.0. The Labute approximate surface area is 139 Å². The fourth-order valence-corrected chi connectivity index (χ4v) is 2.32. The molecule has 6 heteroatoms. The Morgan fingerprint density at radius 3 is 2.52 bits per heavy atom. The van der Waals surface area contributed by atoms with E-state index in [9.17, 15) is 9.59 Å². The van der Waals surface area contributed by atoms with E-state index >= 15 is 0 Å². The number of esters is 1. The predicted octanol–water partition coefficient (Wildman–Crippen LogP) is 3.62. The van der Waals surface area contributed by atoms with Crippen molar-refractivity contribution in [3.05, 3.63) is 47.2 Å². The number of ether oxygens (including phenoxy) is 1. The first-order valence-electron chi connectivity index (χ1n) is 7.16. The zero-order chi connectivity index (χ0) is 17.0. The number of methoxy groups -OCH3 is 1. The molecule has 0 spiro atoms. The van der Waals surface area contributed by atoms with Gasteiger partial charge in [-0.3, -0.25) is 9.59 Å². The van der Waals surface area contributed by atoms with Gasteiger partial charge in [-0.15, -0.1) is 0 Å². The summed E-state index contributed by atoms with van der Waals surface area (Å²) >= 11 is 6.13. The van der Waals surface area contributed by atoms with Crippen LogP contribution >= 0.6 is 11.6 Å². The van der Waals surface area contributed by atoms with Gasteiger partial charge in [0.25, 0.3) is 5.91 Å². The highest BCUT2D eigenvalue weighted by molar-refractivity contribution is 6.33. The normalized spacial score (nSPS) is 10.7. The summed E-state index contributed by atoms with van der Waals surface area (Å²) in [5, 5.41) is 0.538. The molecule has 0 aliphatic rings. The molecule has 1 aromatic heterocycles. The van der Waals surface area contributed by atoms with Gasteiger partial charge in [0.1, 0.15) is 12.3 Å². The number of halogens is 1. The van der Waals surface area contributed by atoms with E-state index in [1.165, 1.54) is 12.0 Å². The molecule has 0 saturated carbocycles. The van der Waals surface area contributed by atoms with Gasteiger partial charge in [-0.1, -0.05) is 23.7 Å². The average molecular weight is 336 g/mol. The van der Waals surface area contributed by atoms with Gasteiger partial charge in [0.05, 0.1) is 12.1 Å². The Morgan fingerprint density at radius 1 is 1.22 bits per heavy atom. The summed E-state index contributed by atoms with van der Waals surface area (Å²) in [5.74, 6) is -0.202. The summed E-state index contributed by atoms with van der Waals surface area (Å²) in [6, 6.07) is 10.3. The van der Waals surface area contributed by atoms with Crippen LogP contribution in [0, 0.1) is 0 Å². The first-order chi connectivity index (χ1) is 10.9. The molecule has 0 saturated heterocycles. The average Bonchev–Trinajstić information content (AvgIpc) is 3.01. The minimum absolute atomic E-state index is 0.130. The molecule has 2 aromatic rings. The maximum atomic E-state index is 12.6. The Balaban J connectivity index is 2.26. The van der Waals surface area contributed by atoms with E-state index in [2.05, 4.69) is 4.74 Å². The molecule has 2 rings (SSSR count). The van der Waals surface area contributed by atoms with Crippen LogP contribution in [0.5, 0.6) is 0 Å². The van der Waals surface area contributed by atoms with Crippen molar-refractivity contribution in [2.45, 2.75) is 19.9 Å². The van der Waals surface area contributed by atoms with E-state index in [0.29, 0.717) is 16.3 Å². The third kappa shape index (κ3) is 3.93. The highest BCUT2D eigenvalue weighted by Crippen LogP contribution is 2.29. The van der Waals surface area contributed by atoms with Gasteiger partial charge in [0.2, 0.25) is 0 Å². The number of nitrogens with zero attached hydrogens (tertiary/aromatic N) is 1. The van der Waals surface area contributed by atoms with Gasteiger partial charge in [-0.05, 0) is 38.1 Å². The van der Waals surface area contributed by atoms with Gasteiger partial charge in [0, 0.05) is 11.6 Å². The van der Waals surface area contributed by atoms with Crippen molar-refractivity contribution in [2.24, 2.45) is 0 Å². The lowest BCUT2D eigenvalue weighted by Gasteiger charge is -2.24. The topological polar surface area (TPSA) is 59.8 Å². The molecule has 0 aliphatic heterocycles. The van der Waals surface area contributed by atoms with Crippen molar-refractivity contribution in [1.29, 1.82) is 0 Å². The minimum Gasteiger partial charge on any atom is -0.468 e. The standard InChI is InChI=1S/C17H18ClNO4/c1-11(2)19(10-16(20)22-3)17(21)15-9-8-14(23-15)12-6-4-5-7-13(12)18/h4-9,11H,10H2,1-3H3. The number of benzene rings is 1. The summed E-state index contributed by atoms with van der Waals surface area (Å²) in [6.07, 6.45) is 0. The zero-order valence-electron chi connectivity index (χ0n) is 13.2. The molecule has 5 nitrogen and oxygen atoms in total. The van der Waals surface area contributed by atoms with Crippen molar-refractivity contribution < 1.29 is 18.7 Å². The molecule has 1 aromatic carbocycles. The lowest BCUT2D eigenvalue weighted by atomic mass is 10.2. The summed E-state index contributed by atoms with van der Waals surface area (Å²) in [7, 11) is 1.29. The second-order valence-corrected chi connectivity index (χ2v) is 5.65. The smallest absolute Gasteiger partial charge is 0.325 e. The van der Waals surface area contributed by atoms with Crippen molar-refractivity contribution in [3.8, 4) is 11.3 Å². The number of carbonyl (C=O) groups is 2. The van der Waals surface area contributed by atoms with Crippen LogP contribution in [-0.2, 0) is 9.53 Å². The van der Waals surface area contributed by atoms with Crippen LogP contribution < -0.4 is 0 Å². The van der Waals surface area contributed by atoms with E-state index in [1.54, 1.807) is 18.2 Å². The van der Waals surface area contributed by atoms with Gasteiger partial charge in [0.15, 0.2) is 5.76 Å². The highest BCUT2D eigenvalue weighted by atomic mass is 35.5. The number of carbonyl (C=O) groups excluding carboxylic acids is 2. The molecule has 1 amide bonds. The van der Waals surface area contributed by atoms with Crippen molar-refractivity contribution >= 4 is 23.5 Å². The monoisotopic (exact) mass is 335 g/mol. The van der Waals surface area contributed by atoms with Crippen LogP contribution in [0.15, 0.2) is 40.8 Å². The van der Waals surface area contributed by atoms with Gasteiger partial charge >= 0.3 is 5.97 Å². The Hall–Kier alpha value is -2.27. The molecular weight excluding hydrogens is 318 g/mol. The van der Waals surface area contributed by atoms with Crippen LogP contribution in [0.25, 0.3) is 11.3 Å². The van der Waals surface area contributed by atoms with Crippen LogP contribution in [-0.4, -0.2) is 36.5 Å². The number of hydrogen-bond donors (Lipinski definition) is 0. The predicted molar refractivity (Wildman–Crippen MR) is 87.3 cm³/mol. The second kappa shape index (κ2) is 7.33. The fourth-order valence-electron chi connectivity index (χ4n) is 2.09. The Bertz CT molecular complexity index is 708. The number of hydrogen-bond acceptors (Lipinski definition) is 4. The van der Waals surface area contributed by atoms with E-state index in [0.717, 1.165) is 0 Å². The molecule has 1 heterocycles. The van der Waals surface area contributed by atoms with Crippen LogP contribution in [0.1, 0.15) is 24.4 Å². The number of amides is 1. The molecule has 0 aliphatic carbocycles. The Kier molecular flexibility index (Phi) is 5.45. The number of rotatable bonds is 5. The van der Waals surface area contributed by atoms with E-state index in [-0.39, 0.29) is 24.3 Å². The molecule has 0 radical (unpaired) electrons. The highest BCUT2D eigenvalue weighted by Gasteiger charge is 2.24. The molecular formula is C17H18ClNO4. The van der Waals surface area contributed by atoms with Crippen LogP contribution in [0.3, 0.4) is 0 Å². The van der Waals surface area contributed by atoms with E-state index in [1.807, 2.05) is 32.0 Å². The van der Waals surface area contributed by atoms with Crippen LogP contribution in [0.4, 0.5) is 0 Å². The first kappa shape index (κ1) is 17.1. The third-order valence-corrected chi connectivity index (χ3v) is 3.70. The van der Waals surface area contributed by atoms with E-state index < -0.39 is 5.97 Å². The van der Waals surface area contributed by atoms with Gasteiger partial charge in [-0.25, -0.2) is 0 Å². The summed E-state index contributed by atoms with van der Waals surface area (Å²) in [5.41, 5.74) is 0.706. The second-order valence-electron chi connectivity index (χ2n) is 5.25. The van der Waals surface area contributed by atoms with Crippen molar-refractivity contribution in [2.75, 3.05) is 13.7 Å². The SMILES string of the molecule is COC(=O)CN(C(=O)c1ccc(-c2ccccc2Cl)o1)C(C)C. The molecule has 0 N–H and O–H groups in total. The molecule has 0 bridgehead atoms. The Morgan fingerprint density at radius 2 is 1.91 bits per heavy atom. The largest absolute Gasteiger partial charge is 0.468 e. The molecule has 0 fully saturated rings. The van der Waals surface area contributed by atoms with Crippen molar-refractivity contribution in [3.63, 3.8) is 0 Å². The van der Waals surface area contributed by atoms with Crippen LogP contribution in [0.2, 0.25) is 5.02 Å². The lowest BCUT2D eigenvalue weighted by molar-refractivity contribution is -0.141. The molecule has 122 valence electrons. The summed E-state index contributed by atoms with van der Waals surface area (Å²) in [6.45, 7) is 3.51. The molecule has 0 unspecified atom stereocenters. The quantitative estimate of drug-likeness (QED) is 0.783. The first-order valence-corrected chi connectivity index (χ1v) is 7.54. The van der Waals surface area contributed by atoms with Crippen molar-refractivity contribution in [1.82, 2.24) is 4.90 Å². The number of furan rings is 1. The van der Waals surface area contributed by atoms with Gasteiger partial charge < -0.3 is 14.1 Å². The fraction of sp³-hybridized carbons (Fsp3) is 0.294. The third-order valence-electron chi connectivity index (χ3n) is 3.37. The van der Waals surface area contributed by atoms with E-state index in [4.69, 9.17) is 16.0 Å². The summed E-state index contributed by atoms with van der Waals surface area (Å²) in [4.78, 5) is 25.4. The van der Waals surface area contributed by atoms with Gasteiger partial charge in [-0.2, -0.15) is 0 Å². The minimum atomic E-state index is -0.482. The maximum Gasteiger partial charge on any atom is 0.325 e.